The molecule has 0 spiro atoms. The van der Waals surface area contributed by atoms with Crippen molar-refractivity contribution >= 4 is 46.5 Å². The van der Waals surface area contributed by atoms with Crippen LogP contribution in [0, 0.1) is 6.92 Å². The number of hydrogen-bond donors (Lipinski definition) is 4. The van der Waals surface area contributed by atoms with E-state index >= 15 is 0 Å². The lowest BCUT2D eigenvalue weighted by atomic mass is 10.0. The molecule has 0 saturated carbocycles. The lowest BCUT2D eigenvalue weighted by molar-refractivity contribution is -0.117. The van der Waals surface area contributed by atoms with Crippen molar-refractivity contribution in [3.05, 3.63) is 88.4 Å². The van der Waals surface area contributed by atoms with Crippen molar-refractivity contribution in [2.75, 3.05) is 49.3 Å². The van der Waals surface area contributed by atoms with Gasteiger partial charge in [-0.3, -0.25) is 9.79 Å². The van der Waals surface area contributed by atoms with Gasteiger partial charge in [-0.25, -0.2) is 4.79 Å². The molecule has 3 aromatic carbocycles. The number of likely N-dealkylation sites (N-methyl/N-ethyl adjacent to an activating group) is 1. The number of carbonyl (C=O) groups excluding carboxylic acids is 1. The number of amides is 2. The number of aliphatic imine (C=N–C) groups is 1. The van der Waals surface area contributed by atoms with E-state index in [-0.39, 0.29) is 12.5 Å². The van der Waals surface area contributed by atoms with E-state index in [9.17, 15) is 9.59 Å². The summed E-state index contributed by atoms with van der Waals surface area (Å²) in [4.78, 5) is 33.9. The number of rotatable bonds is 11. The van der Waals surface area contributed by atoms with Crippen LogP contribution in [0.5, 0.6) is 0 Å². The molecular weight excluding hydrogens is 540 g/mol. The maximum absolute atomic E-state index is 13.7. The first kappa shape index (κ1) is 29.9. The summed E-state index contributed by atoms with van der Waals surface area (Å²) in [6.45, 7) is 4.79. The van der Waals surface area contributed by atoms with Crippen LogP contribution in [-0.2, 0) is 11.3 Å². The molecule has 0 radical (unpaired) electrons. The second kappa shape index (κ2) is 14.0. The first-order valence-electron chi connectivity index (χ1n) is 13.6. The van der Waals surface area contributed by atoms with Gasteiger partial charge < -0.3 is 30.9 Å². The van der Waals surface area contributed by atoms with Crippen LogP contribution in [0.15, 0.2) is 71.7 Å². The number of carbonyl (C=O) groups is 2. The second-order valence-electron chi connectivity index (χ2n) is 10.3. The van der Waals surface area contributed by atoms with Crippen LogP contribution in [0.25, 0.3) is 0 Å². The van der Waals surface area contributed by atoms with E-state index in [2.05, 4.69) is 25.8 Å². The molecule has 3 aromatic rings. The predicted octanol–water partition coefficient (Wildman–Crippen LogP) is 5.77. The molecule has 2 amide bonds. The Morgan fingerprint density at radius 2 is 1.88 bits per heavy atom. The van der Waals surface area contributed by atoms with Crippen LogP contribution in [0.2, 0.25) is 5.02 Å². The zero-order valence-electron chi connectivity index (χ0n) is 23.7. The van der Waals surface area contributed by atoms with Crippen LogP contribution >= 0.6 is 11.6 Å². The van der Waals surface area contributed by atoms with Crippen LogP contribution in [0.1, 0.15) is 35.6 Å². The lowest BCUT2D eigenvalue weighted by Gasteiger charge is -2.24. The Morgan fingerprint density at radius 1 is 1.07 bits per heavy atom. The predicted molar refractivity (Wildman–Crippen MR) is 166 cm³/mol. The molecule has 9 nitrogen and oxygen atoms in total. The molecule has 1 unspecified atom stereocenters. The van der Waals surface area contributed by atoms with Gasteiger partial charge in [0, 0.05) is 53.7 Å². The molecule has 1 atom stereocenters. The minimum absolute atomic E-state index is 0.151. The monoisotopic (exact) mass is 576 g/mol. The van der Waals surface area contributed by atoms with Crippen LogP contribution in [0.3, 0.4) is 0 Å². The number of nitrogens with zero attached hydrogens (tertiary/aromatic N) is 3. The first-order valence-corrected chi connectivity index (χ1v) is 14.0. The molecule has 1 saturated heterocycles. The summed E-state index contributed by atoms with van der Waals surface area (Å²) in [6, 6.07) is 19.6. The minimum atomic E-state index is -1.10. The van der Waals surface area contributed by atoms with Crippen LogP contribution in [-0.4, -0.2) is 61.6 Å². The van der Waals surface area contributed by atoms with E-state index in [1.165, 1.54) is 0 Å². The SMILES string of the molecule is Cc1cc(NC(=O)C(Nc2cccc(CNC(=O)O)c2)c2ccccc2Cl)ccc1N1CCC/C1=N\CCN(C)C. The van der Waals surface area contributed by atoms with Crippen molar-refractivity contribution < 1.29 is 14.7 Å². The number of aryl methyl sites for hydroxylation is 1. The number of amidine groups is 1. The third-order valence-electron chi connectivity index (χ3n) is 6.85. The Balaban J connectivity index is 1.53. The molecule has 4 rings (SSSR count). The third kappa shape index (κ3) is 8.22. The van der Waals surface area contributed by atoms with Gasteiger partial charge in [0.2, 0.25) is 0 Å². The van der Waals surface area contributed by atoms with Gasteiger partial charge in [0.15, 0.2) is 0 Å². The van der Waals surface area contributed by atoms with E-state index in [0.717, 1.165) is 55.1 Å². The number of hydrogen-bond acceptors (Lipinski definition) is 5. The van der Waals surface area contributed by atoms with Gasteiger partial charge in [-0.2, -0.15) is 0 Å². The molecule has 0 aliphatic carbocycles. The van der Waals surface area contributed by atoms with E-state index in [1.807, 2.05) is 69.6 Å². The standard InChI is InChI=1S/C31H37ClN6O3/c1-21-18-24(13-14-27(21)38-16-7-12-28(38)33-15-17-37(2)3)36-30(39)29(25-10-4-5-11-26(25)32)35-23-9-6-8-22(19-23)20-34-31(40)41/h4-6,8-11,13-14,18-19,29,34-35H,7,12,15-17,20H2,1-3H3,(H,36,39)(H,40,41)/b33-28+. The zero-order valence-corrected chi connectivity index (χ0v) is 24.4. The van der Waals surface area contributed by atoms with E-state index < -0.39 is 12.1 Å². The molecule has 0 aromatic heterocycles. The summed E-state index contributed by atoms with van der Waals surface area (Å²) in [5, 5.41) is 18.1. The van der Waals surface area contributed by atoms with Gasteiger partial charge in [0.05, 0.1) is 6.54 Å². The number of carboxylic acid groups (broad SMARTS) is 1. The molecular formula is C31H37ClN6O3. The van der Waals surface area contributed by atoms with Gasteiger partial charge in [-0.1, -0.05) is 41.9 Å². The zero-order chi connectivity index (χ0) is 29.4. The maximum Gasteiger partial charge on any atom is 0.404 e. The summed E-state index contributed by atoms with van der Waals surface area (Å²) >= 11 is 6.52. The molecule has 216 valence electrons. The average Bonchev–Trinajstić information content (AvgIpc) is 3.39. The first-order chi connectivity index (χ1) is 19.7. The Bertz CT molecular complexity index is 1410. The molecule has 41 heavy (non-hydrogen) atoms. The topological polar surface area (TPSA) is 109 Å². The summed E-state index contributed by atoms with van der Waals surface area (Å²) in [6.07, 6.45) is 0.928. The Kier molecular flexibility index (Phi) is 10.2. The Morgan fingerprint density at radius 3 is 2.61 bits per heavy atom. The lowest BCUT2D eigenvalue weighted by Crippen LogP contribution is -2.28. The summed E-state index contributed by atoms with van der Waals surface area (Å²) < 4.78 is 0. The molecule has 1 heterocycles. The summed E-state index contributed by atoms with van der Waals surface area (Å²) in [5.74, 6) is 0.835. The average molecular weight is 577 g/mol. The number of halogens is 1. The van der Waals surface area contributed by atoms with Crippen LogP contribution < -0.4 is 20.9 Å². The fourth-order valence-electron chi connectivity index (χ4n) is 4.82. The van der Waals surface area contributed by atoms with Crippen molar-refractivity contribution in [2.45, 2.75) is 32.4 Å². The van der Waals surface area contributed by atoms with Gasteiger partial charge in [0.1, 0.15) is 11.9 Å². The fourth-order valence-corrected chi connectivity index (χ4v) is 5.07. The van der Waals surface area contributed by atoms with Crippen molar-refractivity contribution in [3.63, 3.8) is 0 Å². The van der Waals surface area contributed by atoms with Gasteiger partial charge >= 0.3 is 6.09 Å². The highest BCUT2D eigenvalue weighted by Gasteiger charge is 2.25. The fraction of sp³-hybridized carbons (Fsp3) is 0.323. The number of nitrogens with one attached hydrogen (secondary N) is 3. The third-order valence-corrected chi connectivity index (χ3v) is 7.19. The smallest absolute Gasteiger partial charge is 0.404 e. The molecule has 1 aliphatic heterocycles. The highest BCUT2D eigenvalue weighted by atomic mass is 35.5. The van der Waals surface area contributed by atoms with Crippen molar-refractivity contribution in [1.82, 2.24) is 10.2 Å². The van der Waals surface area contributed by atoms with Gasteiger partial charge in [0.25, 0.3) is 5.91 Å². The highest BCUT2D eigenvalue weighted by Crippen LogP contribution is 2.31. The van der Waals surface area contributed by atoms with Crippen molar-refractivity contribution in [2.24, 2.45) is 4.99 Å². The number of benzene rings is 3. The normalized spacial score (nSPS) is 14.8. The second-order valence-corrected chi connectivity index (χ2v) is 10.7. The molecule has 1 fully saturated rings. The van der Waals surface area contributed by atoms with E-state index in [1.54, 1.807) is 18.2 Å². The van der Waals surface area contributed by atoms with E-state index in [4.69, 9.17) is 21.7 Å². The Hall–Kier alpha value is -4.08. The molecule has 10 heteroatoms. The van der Waals surface area contributed by atoms with Crippen LogP contribution in [0.4, 0.5) is 21.9 Å². The summed E-state index contributed by atoms with van der Waals surface area (Å²) in [5.41, 5.74) is 4.87. The van der Waals surface area contributed by atoms with Crippen molar-refractivity contribution in [3.8, 4) is 0 Å². The Labute approximate surface area is 246 Å². The summed E-state index contributed by atoms with van der Waals surface area (Å²) in [7, 11) is 4.10. The molecule has 4 N–H and O–H groups in total. The number of anilines is 3. The quantitative estimate of drug-likeness (QED) is 0.231. The highest BCUT2D eigenvalue weighted by molar-refractivity contribution is 6.31. The van der Waals surface area contributed by atoms with Crippen molar-refractivity contribution in [1.29, 1.82) is 0 Å². The largest absolute Gasteiger partial charge is 0.465 e. The van der Waals surface area contributed by atoms with Gasteiger partial charge in [-0.05, 0) is 75.0 Å². The molecule has 0 bridgehead atoms. The molecule has 1 aliphatic rings. The maximum atomic E-state index is 13.7. The van der Waals surface area contributed by atoms with Gasteiger partial charge in [-0.15, -0.1) is 0 Å². The minimum Gasteiger partial charge on any atom is -0.465 e. The van der Waals surface area contributed by atoms with E-state index in [0.29, 0.717) is 22.0 Å².